The molecule has 0 aromatic carbocycles. The number of guanidine groups is 2. The van der Waals surface area contributed by atoms with Gasteiger partial charge < -0.3 is 55.5 Å². The van der Waals surface area contributed by atoms with Crippen LogP contribution in [0.15, 0.2) is 9.98 Å². The molecule has 0 unspecified atom stereocenters. The van der Waals surface area contributed by atoms with Crippen molar-refractivity contribution in [1.82, 2.24) is 10.6 Å². The molecule has 0 aromatic rings. The number of nitrogens with two attached hydrogens (primary N) is 2. The van der Waals surface area contributed by atoms with Crippen LogP contribution in [0.25, 0.3) is 0 Å². The Labute approximate surface area is 170 Å². The van der Waals surface area contributed by atoms with Gasteiger partial charge in [0.2, 0.25) is 0 Å². The molecule has 0 fully saturated rings. The van der Waals surface area contributed by atoms with E-state index in [1.807, 2.05) is 0 Å². The molecule has 21 heteroatoms. The van der Waals surface area contributed by atoms with Crippen LogP contribution < -0.4 is 22.1 Å². The number of ether oxygens (including phenoxy) is 2. The third kappa shape index (κ3) is 51.7. The molecule has 0 aliphatic heterocycles. The summed E-state index contributed by atoms with van der Waals surface area (Å²) in [7, 11) is -9.33. The molecule has 0 saturated heterocycles. The third-order valence-corrected chi connectivity index (χ3v) is 1.56. The van der Waals surface area contributed by atoms with Gasteiger partial charge in [-0.15, -0.1) is 0 Å². The molecule has 0 rings (SSSR count). The summed E-state index contributed by atoms with van der Waals surface area (Å²) in [5.41, 5.74) is 10.9. The van der Waals surface area contributed by atoms with E-state index >= 15 is 0 Å². The molecule has 0 amide bonds. The van der Waals surface area contributed by atoms with Crippen molar-refractivity contribution in [2.45, 2.75) is 0 Å². The maximum atomic E-state index is 9.75. The molecule has 0 aliphatic rings. The number of hydrogen-bond donors (Lipinski definition) is 6. The predicted octanol–water partition coefficient (Wildman–Crippen LogP) is 0.555. The number of nitrogens with one attached hydrogen (secondary N) is 4. The van der Waals surface area contributed by atoms with Gasteiger partial charge in [-0.3, -0.25) is 31.4 Å². The zero-order valence-electron chi connectivity index (χ0n) is 14.8. The first-order valence-electron chi connectivity index (χ1n) is 6.63. The molecule has 29 heavy (non-hydrogen) atoms. The van der Waals surface area contributed by atoms with Crippen molar-refractivity contribution in [2.75, 3.05) is 27.3 Å². The minimum Gasteiger partial charge on any atom is -0.468 e. The Morgan fingerprint density at radius 1 is 0.759 bits per heavy atom. The Balaban J connectivity index is -0.000000235. The predicted molar refractivity (Wildman–Crippen MR) is 89.1 cm³/mol. The normalized spacial score (nSPS) is 11.4. The second-order valence-electron chi connectivity index (χ2n) is 3.84. The number of halogens is 8. The maximum absolute atomic E-state index is 9.75. The van der Waals surface area contributed by atoms with Gasteiger partial charge in [-0.25, -0.2) is 0 Å². The SMILES string of the molecule is COC(=N)NC(N)=NCCN=C(N)NC(=N)OC.F[B-](F)(F)F.F[B-](F)(F)F.[Cu+2]. The molecule has 0 atom stereocenters. The monoisotopic (exact) mass is 495 g/mol. The zero-order chi connectivity index (χ0) is 23.0. The first-order valence-corrected chi connectivity index (χ1v) is 6.63. The van der Waals surface area contributed by atoms with Crippen molar-refractivity contribution in [1.29, 1.82) is 10.8 Å². The Bertz CT molecular complexity index is 476. The molecule has 10 nitrogen and oxygen atoms in total. The van der Waals surface area contributed by atoms with Crippen LogP contribution in [-0.2, 0) is 26.5 Å². The van der Waals surface area contributed by atoms with Gasteiger partial charge in [-0.2, -0.15) is 0 Å². The van der Waals surface area contributed by atoms with E-state index in [0.29, 0.717) is 0 Å². The molecule has 175 valence electrons. The van der Waals surface area contributed by atoms with Gasteiger partial charge >= 0.3 is 31.6 Å². The van der Waals surface area contributed by atoms with Crippen molar-refractivity contribution in [3.05, 3.63) is 0 Å². The maximum Gasteiger partial charge on any atom is 2.00 e. The van der Waals surface area contributed by atoms with Crippen LogP contribution in [0.3, 0.4) is 0 Å². The number of amidine groups is 2. The van der Waals surface area contributed by atoms with Gasteiger partial charge in [0.25, 0.3) is 12.0 Å². The molecule has 0 spiro atoms. The van der Waals surface area contributed by atoms with Gasteiger partial charge in [0.05, 0.1) is 27.3 Å². The summed E-state index contributed by atoms with van der Waals surface area (Å²) in [5.74, 6) is 0.0985. The standard InChI is InChI=1S/C8H18N8O2.2BF4.Cu/c1-17-7(11)15-5(9)13-3-4-14-6(10)16-8(12)18-2;2*2-1(3,4)5;/h3-4H2,1-2H3,(H4,9,11,13,15)(H4,10,12,14,16);;;/q;2*-1;+2. The Kier molecular flexibility index (Phi) is 20.8. The van der Waals surface area contributed by atoms with Crippen LogP contribution >= 0.6 is 0 Å². The summed E-state index contributed by atoms with van der Waals surface area (Å²) in [4.78, 5) is 7.74. The first kappa shape index (κ1) is 34.1. The van der Waals surface area contributed by atoms with E-state index in [1.165, 1.54) is 14.2 Å². The van der Waals surface area contributed by atoms with Gasteiger partial charge in [0.1, 0.15) is 0 Å². The molecule has 0 heterocycles. The van der Waals surface area contributed by atoms with E-state index in [9.17, 15) is 34.5 Å². The van der Waals surface area contributed by atoms with Gasteiger partial charge in [0, 0.05) is 0 Å². The summed E-state index contributed by atoms with van der Waals surface area (Å²) in [5, 5.41) is 19.0. The van der Waals surface area contributed by atoms with Crippen LogP contribution in [0.2, 0.25) is 0 Å². The summed E-state index contributed by atoms with van der Waals surface area (Å²) in [6.45, 7) is 0.553. The van der Waals surface area contributed by atoms with Crippen LogP contribution in [-0.4, -0.2) is 65.8 Å². The number of aliphatic imine (C=N–C) groups is 2. The van der Waals surface area contributed by atoms with Crippen molar-refractivity contribution >= 4 is 38.5 Å². The van der Waals surface area contributed by atoms with Gasteiger partial charge in [-0.1, -0.05) is 0 Å². The van der Waals surface area contributed by atoms with Crippen molar-refractivity contribution in [3.8, 4) is 0 Å². The first-order chi connectivity index (χ1) is 12.5. The van der Waals surface area contributed by atoms with E-state index in [2.05, 4.69) is 30.1 Å². The molecule has 0 bridgehead atoms. The Morgan fingerprint density at radius 3 is 1.14 bits per heavy atom. The second-order valence-corrected chi connectivity index (χ2v) is 3.84. The molecule has 8 N–H and O–H groups in total. The third-order valence-electron chi connectivity index (χ3n) is 1.56. The molecular formula is C8H18B2CuF8N8O2. The average molecular weight is 495 g/mol. The average Bonchev–Trinajstić information content (AvgIpc) is 2.48. The van der Waals surface area contributed by atoms with E-state index in [1.54, 1.807) is 0 Å². The van der Waals surface area contributed by atoms with Crippen LogP contribution in [0.1, 0.15) is 0 Å². The van der Waals surface area contributed by atoms with E-state index in [0.717, 1.165) is 0 Å². The van der Waals surface area contributed by atoms with Gasteiger partial charge in [-0.05, 0) is 0 Å². The van der Waals surface area contributed by atoms with E-state index in [-0.39, 0.29) is 54.1 Å². The molecule has 1 radical (unpaired) electrons. The van der Waals surface area contributed by atoms with Crippen LogP contribution in [0.4, 0.5) is 34.5 Å². The molecular weight excluding hydrogens is 477 g/mol. The minimum atomic E-state index is -6.00. The summed E-state index contributed by atoms with van der Waals surface area (Å²) in [6.07, 6.45) is 0. The van der Waals surface area contributed by atoms with Gasteiger partial charge in [0.15, 0.2) is 11.9 Å². The van der Waals surface area contributed by atoms with Crippen LogP contribution in [0.5, 0.6) is 0 Å². The fourth-order valence-corrected chi connectivity index (χ4v) is 0.755. The smallest absolute Gasteiger partial charge is 0.468 e. The molecule has 0 aromatic heterocycles. The summed E-state index contributed by atoms with van der Waals surface area (Å²) in [6, 6.07) is -0.399. The van der Waals surface area contributed by atoms with E-state index < -0.39 is 14.5 Å². The number of rotatable bonds is 3. The number of hydrogen-bond acceptors (Lipinski definition) is 6. The van der Waals surface area contributed by atoms with E-state index in [4.69, 9.17) is 22.3 Å². The summed E-state index contributed by atoms with van der Waals surface area (Å²) < 4.78 is 87.1. The molecule has 0 aliphatic carbocycles. The topological polar surface area (TPSA) is 167 Å². The Hall–Kier alpha value is -2.43. The molecule has 0 saturated carbocycles. The second kappa shape index (κ2) is 17.7. The van der Waals surface area contributed by atoms with Crippen molar-refractivity contribution in [2.24, 2.45) is 21.5 Å². The fourth-order valence-electron chi connectivity index (χ4n) is 0.755. The fraction of sp³-hybridized carbons (Fsp3) is 0.500. The van der Waals surface area contributed by atoms with Crippen molar-refractivity contribution < 1.29 is 61.1 Å². The summed E-state index contributed by atoms with van der Waals surface area (Å²) >= 11 is 0. The zero-order valence-corrected chi connectivity index (χ0v) is 15.7. The quantitative estimate of drug-likeness (QED) is 0.110. The largest absolute Gasteiger partial charge is 2.00 e. The van der Waals surface area contributed by atoms with Crippen LogP contribution in [0, 0.1) is 10.8 Å². The number of nitrogens with zero attached hydrogens (tertiary/aromatic N) is 2. The number of methoxy groups -OCH3 is 2. The minimum absolute atomic E-state index is 0. The van der Waals surface area contributed by atoms with Crippen molar-refractivity contribution in [3.63, 3.8) is 0 Å². The Morgan fingerprint density at radius 2 is 0.966 bits per heavy atom.